The Labute approximate surface area is 378 Å². The van der Waals surface area contributed by atoms with Crippen molar-refractivity contribution in [2.75, 3.05) is 60.3 Å². The zero-order valence-corrected chi connectivity index (χ0v) is 39.0. The highest BCUT2D eigenvalue weighted by molar-refractivity contribution is 5.74. The molecule has 1 aromatic carbocycles. The molecule has 9 atom stereocenters. The molecule has 1 aliphatic heterocycles. The molecule has 63 heavy (non-hydrogen) atoms. The minimum absolute atomic E-state index is 0.0145. The Bertz CT molecular complexity index is 1840. The van der Waals surface area contributed by atoms with Crippen LogP contribution in [0.4, 0.5) is 0 Å². The number of rotatable bonds is 18. The molecule has 0 aromatic heterocycles. The van der Waals surface area contributed by atoms with Crippen molar-refractivity contribution < 1.29 is 34.7 Å². The Kier molecular flexibility index (Phi) is 18.0. The molecule has 6 rings (SSSR count). The lowest BCUT2D eigenvalue weighted by Crippen LogP contribution is -2.65. The second-order valence-electron chi connectivity index (χ2n) is 19.8. The third-order valence-electron chi connectivity index (χ3n) is 16.1. The first-order chi connectivity index (χ1) is 30.5. The van der Waals surface area contributed by atoms with Crippen LogP contribution in [-0.4, -0.2) is 104 Å². The lowest BCUT2D eigenvalue weighted by atomic mass is 9.45. The van der Waals surface area contributed by atoms with Crippen LogP contribution in [-0.2, 0) is 27.1 Å². The number of hydrogen-bond acceptors (Lipinski definition) is 9. The number of aliphatic hydroxyl groups is 4. The first-order valence-electron chi connectivity index (χ1n) is 24.2. The first-order valence-corrected chi connectivity index (χ1v) is 24.2. The van der Waals surface area contributed by atoms with Gasteiger partial charge in [-0.25, -0.2) is 0 Å². The number of hydrogen-bond donors (Lipinski definition) is 6. The van der Waals surface area contributed by atoms with Gasteiger partial charge in [0, 0.05) is 49.7 Å². The van der Waals surface area contributed by atoms with Gasteiger partial charge in [-0.05, 0) is 144 Å². The van der Waals surface area contributed by atoms with Gasteiger partial charge in [-0.2, -0.15) is 0 Å². The third-order valence-corrected chi connectivity index (χ3v) is 16.1. The van der Waals surface area contributed by atoms with Gasteiger partial charge in [0.1, 0.15) is 6.29 Å². The number of aldehydes is 1. The van der Waals surface area contributed by atoms with E-state index in [9.17, 15) is 25.2 Å². The molecule has 4 bridgehead atoms. The molecule has 5 aliphatic rings. The van der Waals surface area contributed by atoms with E-state index < -0.39 is 17.1 Å². The van der Waals surface area contributed by atoms with E-state index >= 15 is 0 Å². The van der Waals surface area contributed by atoms with Crippen LogP contribution in [0.3, 0.4) is 0 Å². The second-order valence-corrected chi connectivity index (χ2v) is 19.8. The minimum Gasteiger partial charge on any atom is -0.396 e. The van der Waals surface area contributed by atoms with Crippen molar-refractivity contribution in [2.24, 2.45) is 40.9 Å². The summed E-state index contributed by atoms with van der Waals surface area (Å²) in [6.07, 6.45) is 25.5. The zero-order valence-electron chi connectivity index (χ0n) is 39.0. The predicted molar refractivity (Wildman–Crippen MR) is 253 cm³/mol. The highest BCUT2D eigenvalue weighted by atomic mass is 16.5. The molecule has 3 fully saturated rings. The van der Waals surface area contributed by atoms with E-state index in [0.29, 0.717) is 50.1 Å². The highest BCUT2D eigenvalue weighted by Gasteiger charge is 2.68. The van der Waals surface area contributed by atoms with Gasteiger partial charge in [-0.15, -0.1) is 0 Å². The molecule has 0 amide bonds. The largest absolute Gasteiger partial charge is 0.396 e. The number of methoxy groups -OCH3 is 1. The Morgan fingerprint density at radius 1 is 1.06 bits per heavy atom. The van der Waals surface area contributed by atoms with Crippen LogP contribution in [0.5, 0.6) is 0 Å². The Hall–Kier alpha value is -2.99. The van der Waals surface area contributed by atoms with Crippen LogP contribution < -0.4 is 10.6 Å². The van der Waals surface area contributed by atoms with Crippen molar-refractivity contribution in [1.29, 1.82) is 0 Å². The van der Waals surface area contributed by atoms with Crippen molar-refractivity contribution in [3.05, 3.63) is 106 Å². The van der Waals surface area contributed by atoms with Gasteiger partial charge in [0.05, 0.1) is 31.5 Å². The first kappa shape index (κ1) is 49.4. The average molecular weight is 869 g/mol. The summed E-state index contributed by atoms with van der Waals surface area (Å²) in [7, 11) is 3.70. The molecule has 3 saturated carbocycles. The Balaban J connectivity index is 1.29. The number of carbonyl (C=O) groups is 1. The summed E-state index contributed by atoms with van der Waals surface area (Å²) in [5.41, 5.74) is 5.41. The average Bonchev–Trinajstić information content (AvgIpc) is 3.64. The van der Waals surface area contributed by atoms with Gasteiger partial charge in [0.2, 0.25) is 0 Å². The van der Waals surface area contributed by atoms with Crippen LogP contribution >= 0.6 is 0 Å². The standard InChI is InChI=1S/C54H80N2O7/c1-38-17-18-44(32-41-12-10-13-42(31-41)33-52(56-35-38,25-29-62-5)47-15-7-6-8-16-47)39(2)11-9-14-46(37-63-30-28-58)48-21-23-54(51(48)60)50-43(22-27-57)19-20-45(49(50)40(3)36-59)34-53(54,61)24-26-55-4/h9-14,17,19-20,31,36,43-45,47-48,50-51,55-58,60-61H,2,6-8,15-16,18,21-30,32-35,37H2,1,3-5H3/t43-,44+,45-,48+,50+,51+,52+,53+,54+/m0/s1. The zero-order chi connectivity index (χ0) is 45.0. The molecule has 1 heterocycles. The fourth-order valence-corrected chi connectivity index (χ4v) is 12.9. The second kappa shape index (κ2) is 23.0. The summed E-state index contributed by atoms with van der Waals surface area (Å²) in [6.45, 7) is 11.2. The summed E-state index contributed by atoms with van der Waals surface area (Å²) in [5.74, 6) is -0.0937. The van der Waals surface area contributed by atoms with Crippen LogP contribution in [0.2, 0.25) is 0 Å². The summed E-state index contributed by atoms with van der Waals surface area (Å²) < 4.78 is 11.7. The van der Waals surface area contributed by atoms with Gasteiger partial charge in [-0.3, -0.25) is 4.79 Å². The molecule has 0 unspecified atom stereocenters. The molecule has 0 radical (unpaired) electrons. The third kappa shape index (κ3) is 11.0. The molecule has 1 aromatic rings. The van der Waals surface area contributed by atoms with Crippen molar-refractivity contribution in [3.63, 3.8) is 0 Å². The molecule has 9 nitrogen and oxygen atoms in total. The van der Waals surface area contributed by atoms with E-state index in [1.54, 1.807) is 0 Å². The smallest absolute Gasteiger partial charge is 0.145 e. The summed E-state index contributed by atoms with van der Waals surface area (Å²) >= 11 is 0. The van der Waals surface area contributed by atoms with E-state index in [2.05, 4.69) is 78.8 Å². The van der Waals surface area contributed by atoms with E-state index in [1.165, 1.54) is 48.8 Å². The molecular formula is C54H80N2O7. The molecule has 0 saturated heterocycles. The molecule has 1 spiro atoms. The van der Waals surface area contributed by atoms with E-state index in [0.717, 1.165) is 61.8 Å². The monoisotopic (exact) mass is 869 g/mol. The maximum Gasteiger partial charge on any atom is 0.145 e. The predicted octanol–water partition coefficient (Wildman–Crippen LogP) is 7.55. The number of benzene rings is 1. The van der Waals surface area contributed by atoms with Gasteiger partial charge in [0.15, 0.2) is 0 Å². The number of nitrogens with one attached hydrogen (secondary N) is 2. The summed E-state index contributed by atoms with van der Waals surface area (Å²) in [4.78, 5) is 12.5. The molecule has 4 aliphatic carbocycles. The Morgan fingerprint density at radius 2 is 1.86 bits per heavy atom. The highest BCUT2D eigenvalue weighted by Crippen LogP contribution is 2.67. The summed E-state index contributed by atoms with van der Waals surface area (Å²) in [5, 5.41) is 53.2. The number of fused-ring (bicyclic) bond motifs is 5. The minimum atomic E-state index is -1.22. The van der Waals surface area contributed by atoms with Gasteiger partial charge in [0.25, 0.3) is 0 Å². The molecule has 6 N–H and O–H groups in total. The van der Waals surface area contributed by atoms with Crippen LogP contribution in [0.15, 0.2) is 95.2 Å². The number of ether oxygens (including phenoxy) is 2. The number of aliphatic hydroxyl groups excluding tert-OH is 3. The quantitative estimate of drug-likeness (QED) is 0.0290. The van der Waals surface area contributed by atoms with Gasteiger partial charge >= 0.3 is 0 Å². The van der Waals surface area contributed by atoms with E-state index in [-0.39, 0.29) is 61.6 Å². The maximum absolute atomic E-state index is 13.0. The van der Waals surface area contributed by atoms with Gasteiger partial charge < -0.3 is 40.5 Å². The van der Waals surface area contributed by atoms with Crippen molar-refractivity contribution >= 4 is 6.29 Å². The SMILES string of the molecule is C=C(C=CC=C(COCCO)[C@H]1CC[C@]2([C@@H]1O)[C@H]1C(=C(C)C=O)[C@@H](C=C[C@H]1CCO)C[C@]2(O)CCNC)[C@@H]1CC=C(C)CN[C@@](CCOC)(C2CCCCC2)Cc2cccc(c2)C1. The van der Waals surface area contributed by atoms with Crippen molar-refractivity contribution in [2.45, 2.75) is 121 Å². The molecule has 9 heteroatoms. The molecule has 348 valence electrons. The van der Waals surface area contributed by atoms with E-state index in [1.807, 2.05) is 27.2 Å². The Morgan fingerprint density at radius 3 is 2.59 bits per heavy atom. The van der Waals surface area contributed by atoms with Crippen LogP contribution in [0, 0.1) is 40.9 Å². The lowest BCUT2D eigenvalue weighted by molar-refractivity contribution is -0.194. The molecular weight excluding hydrogens is 789 g/mol. The fraction of sp³-hybridized carbons (Fsp3) is 0.648. The van der Waals surface area contributed by atoms with Crippen LogP contribution in [0.1, 0.15) is 102 Å². The lowest BCUT2D eigenvalue weighted by Gasteiger charge is -2.61. The maximum atomic E-state index is 13.0. The topological polar surface area (TPSA) is 141 Å². The van der Waals surface area contributed by atoms with Gasteiger partial charge in [-0.1, -0.05) is 103 Å². The van der Waals surface area contributed by atoms with Crippen LogP contribution in [0.25, 0.3) is 0 Å². The number of allylic oxidation sites excluding steroid dienone is 9. The normalized spacial score (nSPS) is 33.8. The summed E-state index contributed by atoms with van der Waals surface area (Å²) in [6, 6.07) is 9.19. The number of carbonyl (C=O) groups excluding carboxylic acids is 1. The fourth-order valence-electron chi connectivity index (χ4n) is 12.9. The van der Waals surface area contributed by atoms with E-state index in [4.69, 9.17) is 9.47 Å². The van der Waals surface area contributed by atoms with Crippen molar-refractivity contribution in [3.8, 4) is 0 Å². The van der Waals surface area contributed by atoms with Crippen molar-refractivity contribution in [1.82, 2.24) is 10.6 Å².